The van der Waals surface area contributed by atoms with E-state index in [0.717, 1.165) is 18.9 Å². The Kier molecular flexibility index (Phi) is 6.68. The van der Waals surface area contributed by atoms with Gasteiger partial charge in [0.25, 0.3) is 0 Å². The quantitative estimate of drug-likeness (QED) is 0.323. The van der Waals surface area contributed by atoms with Gasteiger partial charge in [-0.05, 0) is 12.8 Å². The van der Waals surface area contributed by atoms with Gasteiger partial charge in [0.2, 0.25) is 0 Å². The van der Waals surface area contributed by atoms with E-state index >= 15 is 0 Å². The maximum absolute atomic E-state index is 10.2. The molecule has 0 amide bonds. The van der Waals surface area contributed by atoms with Gasteiger partial charge in [-0.2, -0.15) is 0 Å². The van der Waals surface area contributed by atoms with Crippen LogP contribution in [-0.4, -0.2) is 37.7 Å². The lowest BCUT2D eigenvalue weighted by molar-refractivity contribution is -0.137. The topological polar surface area (TPSA) is 73.7 Å². The van der Waals surface area contributed by atoms with E-state index < -0.39 is 5.97 Å². The number of carboxylic acid groups (broad SMARTS) is 1. The van der Waals surface area contributed by atoms with Crippen LogP contribution in [0.25, 0.3) is 0 Å². The highest BCUT2D eigenvalue weighted by Crippen LogP contribution is 1.92. The SMILES string of the molecule is C/N=C(\NC)NCCCCC(=O)O. The first-order chi connectivity index (χ1) is 6.20. The molecule has 0 bridgehead atoms. The predicted octanol–water partition coefficient (Wildman–Crippen LogP) is 0.0361. The largest absolute Gasteiger partial charge is 0.481 e. The first kappa shape index (κ1) is 11.7. The first-order valence-electron chi connectivity index (χ1n) is 4.31. The van der Waals surface area contributed by atoms with Crippen LogP contribution in [0.2, 0.25) is 0 Å². The van der Waals surface area contributed by atoms with Crippen LogP contribution in [-0.2, 0) is 4.79 Å². The first-order valence-corrected chi connectivity index (χ1v) is 4.31. The van der Waals surface area contributed by atoms with Crippen LogP contribution in [0.1, 0.15) is 19.3 Å². The molecule has 76 valence electrons. The summed E-state index contributed by atoms with van der Waals surface area (Å²) in [6.45, 7) is 0.751. The van der Waals surface area contributed by atoms with Crippen LogP contribution in [0.4, 0.5) is 0 Å². The number of carboxylic acids is 1. The molecule has 0 atom stereocenters. The summed E-state index contributed by atoms with van der Waals surface area (Å²) in [4.78, 5) is 14.1. The van der Waals surface area contributed by atoms with Gasteiger partial charge in [-0.1, -0.05) is 0 Å². The van der Waals surface area contributed by atoms with E-state index in [1.165, 1.54) is 0 Å². The van der Waals surface area contributed by atoms with E-state index in [0.29, 0.717) is 6.42 Å². The average Bonchev–Trinajstić information content (AvgIpc) is 2.11. The second-order valence-electron chi connectivity index (χ2n) is 2.60. The van der Waals surface area contributed by atoms with Crippen LogP contribution in [0.5, 0.6) is 0 Å². The molecule has 0 saturated heterocycles. The molecule has 3 N–H and O–H groups in total. The Morgan fingerprint density at radius 3 is 2.62 bits per heavy atom. The van der Waals surface area contributed by atoms with Crippen molar-refractivity contribution in [2.45, 2.75) is 19.3 Å². The third-order valence-corrected chi connectivity index (χ3v) is 1.57. The number of nitrogens with one attached hydrogen (secondary N) is 2. The van der Waals surface area contributed by atoms with Crippen molar-refractivity contribution in [3.05, 3.63) is 0 Å². The summed E-state index contributed by atoms with van der Waals surface area (Å²) < 4.78 is 0. The second-order valence-corrected chi connectivity index (χ2v) is 2.60. The normalized spacial score (nSPS) is 11.1. The zero-order valence-electron chi connectivity index (χ0n) is 8.13. The fourth-order valence-electron chi connectivity index (χ4n) is 0.887. The van der Waals surface area contributed by atoms with Gasteiger partial charge in [0.05, 0.1) is 0 Å². The molecule has 0 aliphatic heterocycles. The molecule has 0 unspecified atom stereocenters. The molecule has 0 heterocycles. The van der Waals surface area contributed by atoms with Crippen molar-refractivity contribution >= 4 is 11.9 Å². The molecule has 5 heteroatoms. The van der Waals surface area contributed by atoms with Crippen molar-refractivity contribution in [2.75, 3.05) is 20.6 Å². The molecule has 0 aliphatic carbocycles. The van der Waals surface area contributed by atoms with Gasteiger partial charge >= 0.3 is 5.97 Å². The lowest BCUT2D eigenvalue weighted by atomic mass is 10.2. The van der Waals surface area contributed by atoms with Gasteiger partial charge < -0.3 is 15.7 Å². The maximum atomic E-state index is 10.2. The summed E-state index contributed by atoms with van der Waals surface area (Å²) in [5.41, 5.74) is 0. The molecular formula is C8H17N3O2. The third-order valence-electron chi connectivity index (χ3n) is 1.57. The zero-order valence-corrected chi connectivity index (χ0v) is 8.13. The number of hydrogen-bond donors (Lipinski definition) is 3. The molecule has 0 aliphatic rings. The highest BCUT2D eigenvalue weighted by atomic mass is 16.4. The molecule has 0 aromatic heterocycles. The molecule has 0 aromatic rings. The van der Waals surface area contributed by atoms with Crippen LogP contribution < -0.4 is 10.6 Å². The Labute approximate surface area is 78.2 Å². The summed E-state index contributed by atoms with van der Waals surface area (Å²) in [5, 5.41) is 14.3. The van der Waals surface area contributed by atoms with Crippen molar-refractivity contribution in [3.63, 3.8) is 0 Å². The molecule has 0 spiro atoms. The minimum atomic E-state index is -0.738. The van der Waals surface area contributed by atoms with Gasteiger partial charge in [0, 0.05) is 27.1 Å². The summed E-state index contributed by atoms with van der Waals surface area (Å²) in [6, 6.07) is 0. The van der Waals surface area contributed by atoms with Crippen molar-refractivity contribution in [3.8, 4) is 0 Å². The fraction of sp³-hybridized carbons (Fsp3) is 0.750. The Bertz CT molecular complexity index is 180. The summed E-state index contributed by atoms with van der Waals surface area (Å²) in [6.07, 6.45) is 1.77. The molecule has 0 rings (SSSR count). The van der Waals surface area contributed by atoms with Crippen LogP contribution >= 0.6 is 0 Å². The molecule has 5 nitrogen and oxygen atoms in total. The van der Waals surface area contributed by atoms with E-state index in [9.17, 15) is 4.79 Å². The Morgan fingerprint density at radius 1 is 1.46 bits per heavy atom. The van der Waals surface area contributed by atoms with Gasteiger partial charge in [-0.25, -0.2) is 0 Å². The van der Waals surface area contributed by atoms with E-state index in [4.69, 9.17) is 5.11 Å². The van der Waals surface area contributed by atoms with E-state index in [2.05, 4.69) is 15.6 Å². The summed E-state index contributed by atoms with van der Waals surface area (Å²) in [5.74, 6) is -0.00618. The van der Waals surface area contributed by atoms with Crippen LogP contribution in [0.15, 0.2) is 4.99 Å². The number of unbranched alkanes of at least 4 members (excludes halogenated alkanes) is 1. The molecule has 0 saturated carbocycles. The third kappa shape index (κ3) is 7.11. The number of aliphatic carboxylic acids is 1. The Morgan fingerprint density at radius 2 is 2.15 bits per heavy atom. The number of hydrogen-bond acceptors (Lipinski definition) is 2. The van der Waals surface area contributed by atoms with Crippen molar-refractivity contribution in [2.24, 2.45) is 4.99 Å². The van der Waals surface area contributed by atoms with Crippen molar-refractivity contribution < 1.29 is 9.90 Å². The van der Waals surface area contributed by atoms with Crippen LogP contribution in [0, 0.1) is 0 Å². The molecule has 0 fully saturated rings. The molecule has 13 heavy (non-hydrogen) atoms. The number of nitrogens with zero attached hydrogens (tertiary/aromatic N) is 1. The molecule has 0 radical (unpaired) electrons. The minimum absolute atomic E-state index is 0.236. The fourth-order valence-corrected chi connectivity index (χ4v) is 0.887. The highest BCUT2D eigenvalue weighted by Gasteiger charge is 1.96. The number of aliphatic imine (C=N–C) groups is 1. The smallest absolute Gasteiger partial charge is 0.303 e. The maximum Gasteiger partial charge on any atom is 0.303 e. The van der Waals surface area contributed by atoms with E-state index in [1.807, 2.05) is 0 Å². The standard InChI is InChI=1S/C8H17N3O2/c1-9-8(10-2)11-6-4-3-5-7(12)13/h3-6H2,1-2H3,(H,12,13)(H2,9,10,11). The van der Waals surface area contributed by atoms with Crippen LogP contribution in [0.3, 0.4) is 0 Å². The lowest BCUT2D eigenvalue weighted by Crippen LogP contribution is -2.35. The summed E-state index contributed by atoms with van der Waals surface area (Å²) >= 11 is 0. The minimum Gasteiger partial charge on any atom is -0.481 e. The Hall–Kier alpha value is -1.26. The van der Waals surface area contributed by atoms with Gasteiger partial charge in [0.1, 0.15) is 0 Å². The van der Waals surface area contributed by atoms with E-state index in [-0.39, 0.29) is 6.42 Å². The molecule has 0 aromatic carbocycles. The van der Waals surface area contributed by atoms with Gasteiger partial charge in [-0.15, -0.1) is 0 Å². The van der Waals surface area contributed by atoms with Gasteiger partial charge in [-0.3, -0.25) is 9.79 Å². The average molecular weight is 187 g/mol. The Balaban J connectivity index is 3.30. The monoisotopic (exact) mass is 187 g/mol. The number of rotatable bonds is 5. The van der Waals surface area contributed by atoms with Crippen molar-refractivity contribution in [1.29, 1.82) is 0 Å². The lowest BCUT2D eigenvalue weighted by Gasteiger charge is -2.06. The van der Waals surface area contributed by atoms with Crippen molar-refractivity contribution in [1.82, 2.24) is 10.6 Å². The predicted molar refractivity (Wildman–Crippen MR) is 51.9 cm³/mol. The van der Waals surface area contributed by atoms with Gasteiger partial charge in [0.15, 0.2) is 5.96 Å². The summed E-state index contributed by atoms with van der Waals surface area (Å²) in [7, 11) is 3.47. The zero-order chi connectivity index (χ0) is 10.1. The number of carbonyl (C=O) groups is 1. The highest BCUT2D eigenvalue weighted by molar-refractivity contribution is 5.79. The van der Waals surface area contributed by atoms with E-state index in [1.54, 1.807) is 14.1 Å². The second kappa shape index (κ2) is 7.39. The molecular weight excluding hydrogens is 170 g/mol. The number of guanidine groups is 1.